The van der Waals surface area contributed by atoms with E-state index in [0.29, 0.717) is 0 Å². The smallest absolute Gasteiger partial charge is 0.307 e. The molecule has 0 fully saturated rings. The highest BCUT2D eigenvalue weighted by molar-refractivity contribution is 9.10. The van der Waals surface area contributed by atoms with Crippen molar-refractivity contribution in [2.45, 2.75) is 11.8 Å². The third-order valence-corrected chi connectivity index (χ3v) is 3.42. The summed E-state index contributed by atoms with van der Waals surface area (Å²) in [6.45, 7) is 1.43. The zero-order chi connectivity index (χ0) is 12.3. The molecule has 0 aliphatic rings. The van der Waals surface area contributed by atoms with Gasteiger partial charge in [-0.05, 0) is 24.3 Å². The van der Waals surface area contributed by atoms with Gasteiger partial charge in [0.05, 0.1) is 10.7 Å². The van der Waals surface area contributed by atoms with Crippen molar-refractivity contribution in [2.24, 2.45) is 5.92 Å². The number of ketones is 1. The van der Waals surface area contributed by atoms with Crippen LogP contribution in [0.25, 0.3) is 0 Å². The summed E-state index contributed by atoms with van der Waals surface area (Å²) in [5.41, 5.74) is 0.288. The summed E-state index contributed by atoms with van der Waals surface area (Å²) in [6.07, 6.45) is 0. The summed E-state index contributed by atoms with van der Waals surface area (Å²) in [7, 11) is 0. The van der Waals surface area contributed by atoms with E-state index in [1.54, 1.807) is 0 Å². The van der Waals surface area contributed by atoms with Crippen molar-refractivity contribution in [1.82, 2.24) is 0 Å². The third kappa shape index (κ3) is 2.88. The minimum absolute atomic E-state index is 0.288. The molecule has 86 valence electrons. The summed E-state index contributed by atoms with van der Waals surface area (Å²) in [4.78, 5) is 21.6. The van der Waals surface area contributed by atoms with E-state index in [1.807, 2.05) is 0 Å². The molecule has 0 heterocycles. The molecule has 2 unspecified atom stereocenters. The minimum Gasteiger partial charge on any atom is -0.481 e. The Morgan fingerprint density at radius 2 is 1.81 bits per heavy atom. The normalized spacial score (nSPS) is 14.2. The van der Waals surface area contributed by atoms with Crippen LogP contribution in [0.1, 0.15) is 17.3 Å². The number of carboxylic acids is 1. The Bertz CT molecular complexity index is 402. The maximum absolute atomic E-state index is 12.6. The molecule has 0 spiro atoms. The van der Waals surface area contributed by atoms with Crippen LogP contribution < -0.4 is 0 Å². The highest BCUT2D eigenvalue weighted by Crippen LogP contribution is 2.19. The number of halogens is 2. The summed E-state index contributed by atoms with van der Waals surface area (Å²) < 4.78 is 12.6. The van der Waals surface area contributed by atoms with Gasteiger partial charge in [-0.25, -0.2) is 4.39 Å². The van der Waals surface area contributed by atoms with E-state index >= 15 is 0 Å². The second-order valence-electron chi connectivity index (χ2n) is 3.40. The number of aliphatic carboxylic acids is 1. The van der Waals surface area contributed by atoms with Gasteiger partial charge in [0, 0.05) is 5.56 Å². The molecule has 0 aliphatic heterocycles. The van der Waals surface area contributed by atoms with E-state index in [-0.39, 0.29) is 11.3 Å². The Balaban J connectivity index is 2.86. The fourth-order valence-corrected chi connectivity index (χ4v) is 1.62. The van der Waals surface area contributed by atoms with Gasteiger partial charge >= 0.3 is 5.97 Å². The van der Waals surface area contributed by atoms with Gasteiger partial charge in [0.2, 0.25) is 0 Å². The maximum atomic E-state index is 12.6. The number of hydrogen-bond donors (Lipinski definition) is 1. The number of carbonyl (C=O) groups is 2. The van der Waals surface area contributed by atoms with Crippen molar-refractivity contribution in [2.75, 3.05) is 0 Å². The first-order valence-electron chi connectivity index (χ1n) is 4.60. The summed E-state index contributed by atoms with van der Waals surface area (Å²) >= 11 is 3.04. The summed E-state index contributed by atoms with van der Waals surface area (Å²) in [6, 6.07) is 5.00. The lowest BCUT2D eigenvalue weighted by atomic mass is 10.00. The second kappa shape index (κ2) is 5.21. The Morgan fingerprint density at radius 3 is 2.25 bits per heavy atom. The lowest BCUT2D eigenvalue weighted by Gasteiger charge is -2.12. The van der Waals surface area contributed by atoms with Crippen molar-refractivity contribution >= 4 is 27.7 Å². The lowest BCUT2D eigenvalue weighted by Crippen LogP contribution is -2.28. The van der Waals surface area contributed by atoms with E-state index < -0.39 is 22.5 Å². The number of carboxylic acid groups (broad SMARTS) is 1. The van der Waals surface area contributed by atoms with Gasteiger partial charge < -0.3 is 5.11 Å². The summed E-state index contributed by atoms with van der Waals surface area (Å²) in [5.74, 6) is -2.70. The quantitative estimate of drug-likeness (QED) is 0.684. The Hall–Kier alpha value is -1.23. The fraction of sp³-hybridized carbons (Fsp3) is 0.273. The molecule has 0 aromatic heterocycles. The van der Waals surface area contributed by atoms with E-state index in [2.05, 4.69) is 15.9 Å². The van der Waals surface area contributed by atoms with Crippen molar-refractivity contribution in [3.63, 3.8) is 0 Å². The largest absolute Gasteiger partial charge is 0.481 e. The number of carbonyl (C=O) groups excluding carboxylic acids is 1. The summed E-state index contributed by atoms with van der Waals surface area (Å²) in [5, 5.41) is 8.75. The van der Waals surface area contributed by atoms with Gasteiger partial charge in [0.25, 0.3) is 0 Å². The molecule has 1 aromatic carbocycles. The molecule has 0 saturated heterocycles. The van der Waals surface area contributed by atoms with Crippen molar-refractivity contribution in [3.05, 3.63) is 35.6 Å². The average molecular weight is 289 g/mol. The van der Waals surface area contributed by atoms with Crippen molar-refractivity contribution in [3.8, 4) is 0 Å². The lowest BCUT2D eigenvalue weighted by molar-refractivity contribution is -0.140. The second-order valence-corrected chi connectivity index (χ2v) is 4.39. The zero-order valence-electron chi connectivity index (χ0n) is 8.48. The third-order valence-electron chi connectivity index (χ3n) is 2.21. The molecule has 0 radical (unpaired) electrons. The Labute approximate surface area is 100 Å². The van der Waals surface area contributed by atoms with Gasteiger partial charge in [-0.3, -0.25) is 9.59 Å². The molecule has 3 nitrogen and oxygen atoms in total. The van der Waals surface area contributed by atoms with Crippen LogP contribution in [0.3, 0.4) is 0 Å². The van der Waals surface area contributed by atoms with Gasteiger partial charge in [0.1, 0.15) is 5.82 Å². The van der Waals surface area contributed by atoms with E-state index in [0.717, 1.165) is 0 Å². The number of hydrogen-bond acceptors (Lipinski definition) is 2. The molecule has 0 amide bonds. The molecule has 5 heteroatoms. The molecule has 1 rings (SSSR count). The van der Waals surface area contributed by atoms with E-state index in [9.17, 15) is 14.0 Å². The standard InChI is InChI=1S/C11H10BrFO3/c1-6(11(15)16)9(12)10(14)7-2-4-8(13)5-3-7/h2-6,9H,1H3,(H,15,16). The number of benzene rings is 1. The molecule has 0 aliphatic carbocycles. The molecule has 1 aromatic rings. The van der Waals surface area contributed by atoms with Gasteiger partial charge in [0.15, 0.2) is 5.78 Å². The fourth-order valence-electron chi connectivity index (χ4n) is 1.13. The SMILES string of the molecule is CC(C(=O)O)C(Br)C(=O)c1ccc(F)cc1. The molecular formula is C11H10BrFO3. The maximum Gasteiger partial charge on any atom is 0.307 e. The molecule has 16 heavy (non-hydrogen) atoms. The molecule has 1 N–H and O–H groups in total. The number of Topliss-reactive ketones (excluding diaryl/α,β-unsaturated/α-hetero) is 1. The monoisotopic (exact) mass is 288 g/mol. The number of alkyl halides is 1. The topological polar surface area (TPSA) is 54.4 Å². The predicted molar refractivity (Wildman–Crippen MR) is 60.2 cm³/mol. The van der Waals surface area contributed by atoms with E-state index in [4.69, 9.17) is 5.11 Å². The Kier molecular flexibility index (Phi) is 4.18. The first-order chi connectivity index (χ1) is 7.43. The highest BCUT2D eigenvalue weighted by atomic mass is 79.9. The number of rotatable bonds is 4. The molecular weight excluding hydrogens is 279 g/mol. The van der Waals surface area contributed by atoms with Crippen LogP contribution in [0.4, 0.5) is 4.39 Å². The average Bonchev–Trinajstić information content (AvgIpc) is 2.27. The molecule has 0 saturated carbocycles. The van der Waals surface area contributed by atoms with Crippen LogP contribution in [0.2, 0.25) is 0 Å². The minimum atomic E-state index is -1.06. The van der Waals surface area contributed by atoms with E-state index in [1.165, 1.54) is 31.2 Å². The van der Waals surface area contributed by atoms with Gasteiger partial charge in [-0.1, -0.05) is 22.9 Å². The van der Waals surface area contributed by atoms with Crippen molar-refractivity contribution < 1.29 is 19.1 Å². The predicted octanol–water partition coefficient (Wildman–Crippen LogP) is 2.49. The highest BCUT2D eigenvalue weighted by Gasteiger charge is 2.28. The van der Waals surface area contributed by atoms with Crippen LogP contribution in [-0.2, 0) is 4.79 Å². The van der Waals surface area contributed by atoms with Crippen LogP contribution in [0.15, 0.2) is 24.3 Å². The van der Waals surface area contributed by atoms with Crippen LogP contribution >= 0.6 is 15.9 Å². The first kappa shape index (κ1) is 12.8. The van der Waals surface area contributed by atoms with Crippen molar-refractivity contribution in [1.29, 1.82) is 0 Å². The molecule has 2 atom stereocenters. The zero-order valence-corrected chi connectivity index (χ0v) is 10.1. The van der Waals surface area contributed by atoms with Crippen LogP contribution in [-0.4, -0.2) is 21.7 Å². The van der Waals surface area contributed by atoms with Crippen LogP contribution in [0.5, 0.6) is 0 Å². The van der Waals surface area contributed by atoms with Crippen LogP contribution in [0, 0.1) is 11.7 Å². The molecule has 0 bridgehead atoms. The van der Waals surface area contributed by atoms with Gasteiger partial charge in [-0.2, -0.15) is 0 Å². The first-order valence-corrected chi connectivity index (χ1v) is 5.51. The van der Waals surface area contributed by atoms with Gasteiger partial charge in [-0.15, -0.1) is 0 Å². The Morgan fingerprint density at radius 1 is 1.31 bits per heavy atom.